The van der Waals surface area contributed by atoms with Gasteiger partial charge in [0.25, 0.3) is 0 Å². The van der Waals surface area contributed by atoms with Crippen molar-refractivity contribution in [3.05, 3.63) is 47.5 Å². The maximum atomic E-state index is 5.61. The van der Waals surface area contributed by atoms with E-state index in [1.807, 2.05) is 37.5 Å². The molecule has 1 aliphatic heterocycles. The highest BCUT2D eigenvalue weighted by Gasteiger charge is 2.29. The Morgan fingerprint density at radius 3 is 2.77 bits per heavy atom. The van der Waals surface area contributed by atoms with E-state index in [1.54, 1.807) is 7.11 Å². The number of aromatic amines is 1. The molecule has 0 radical (unpaired) electrons. The van der Waals surface area contributed by atoms with Crippen LogP contribution in [0.4, 0.5) is 11.6 Å². The molecule has 0 saturated carbocycles. The molecule has 3 heterocycles. The molecule has 2 N–H and O–H groups in total. The monoisotopic (exact) mass is 404 g/mol. The molecule has 1 unspecified atom stereocenters. The number of rotatable bonds is 5. The van der Waals surface area contributed by atoms with Crippen LogP contribution in [0.1, 0.15) is 48.7 Å². The summed E-state index contributed by atoms with van der Waals surface area (Å²) in [6, 6.07) is 6.41. The van der Waals surface area contributed by atoms with Crippen molar-refractivity contribution in [2.75, 3.05) is 25.5 Å². The Bertz CT molecular complexity index is 1040. The highest BCUT2D eigenvalue weighted by atomic mass is 16.5. The maximum Gasteiger partial charge on any atom is 0.227 e. The molecule has 0 amide bonds. The van der Waals surface area contributed by atoms with E-state index in [4.69, 9.17) is 9.72 Å². The van der Waals surface area contributed by atoms with E-state index in [1.165, 1.54) is 50.0 Å². The summed E-state index contributed by atoms with van der Waals surface area (Å²) >= 11 is 0. The van der Waals surface area contributed by atoms with E-state index in [0.29, 0.717) is 12.0 Å². The number of aryl methyl sites for hydroxylation is 2. The van der Waals surface area contributed by atoms with Gasteiger partial charge in [0.15, 0.2) is 0 Å². The van der Waals surface area contributed by atoms with Crippen molar-refractivity contribution in [3.63, 3.8) is 0 Å². The fraction of sp³-hybridized carbons (Fsp3) is 0.435. The summed E-state index contributed by atoms with van der Waals surface area (Å²) in [5.41, 5.74) is 5.34. The Morgan fingerprint density at radius 1 is 1.13 bits per heavy atom. The van der Waals surface area contributed by atoms with Gasteiger partial charge < -0.3 is 15.0 Å². The lowest BCUT2D eigenvalue weighted by Crippen LogP contribution is -2.30. The van der Waals surface area contributed by atoms with Gasteiger partial charge in [0.2, 0.25) is 5.95 Å². The first-order chi connectivity index (χ1) is 14.7. The van der Waals surface area contributed by atoms with Crippen LogP contribution in [0.5, 0.6) is 5.75 Å². The van der Waals surface area contributed by atoms with Gasteiger partial charge in [-0.25, -0.2) is 15.0 Å². The zero-order valence-electron chi connectivity index (χ0n) is 17.6. The molecule has 1 aliphatic carbocycles. The number of fused-ring (bicyclic) bond motifs is 1. The molecule has 7 nitrogen and oxygen atoms in total. The zero-order chi connectivity index (χ0) is 20.5. The minimum atomic E-state index is 0.430. The van der Waals surface area contributed by atoms with Crippen molar-refractivity contribution in [2.45, 2.75) is 45.1 Å². The maximum absolute atomic E-state index is 5.61. The van der Waals surface area contributed by atoms with E-state index in [0.717, 1.165) is 34.9 Å². The summed E-state index contributed by atoms with van der Waals surface area (Å²) in [6.45, 7) is 4.35. The third kappa shape index (κ3) is 3.65. The number of nitrogens with one attached hydrogen (secondary N) is 2. The van der Waals surface area contributed by atoms with E-state index in [-0.39, 0.29) is 0 Å². The Kier molecular flexibility index (Phi) is 5.12. The molecule has 1 saturated heterocycles. The summed E-state index contributed by atoms with van der Waals surface area (Å²) in [5, 5.41) is 3.37. The Hall–Kier alpha value is -2.93. The number of methoxy groups -OCH3 is 1. The Balaban J connectivity index is 1.41. The van der Waals surface area contributed by atoms with Crippen LogP contribution in [-0.2, 0) is 6.42 Å². The SMILES string of the molecule is COc1cc(Nc2ncc3c(n2)C(N2CCCC2)CCC3)ccc1-c1ncc(C)[nH]1. The van der Waals surface area contributed by atoms with Crippen molar-refractivity contribution in [1.29, 1.82) is 0 Å². The van der Waals surface area contributed by atoms with Crippen LogP contribution in [0, 0.1) is 6.92 Å². The Morgan fingerprint density at radius 2 is 2.00 bits per heavy atom. The highest BCUT2D eigenvalue weighted by Crippen LogP contribution is 2.36. The lowest BCUT2D eigenvalue weighted by atomic mass is 9.92. The van der Waals surface area contributed by atoms with Crippen molar-refractivity contribution < 1.29 is 4.74 Å². The van der Waals surface area contributed by atoms with Crippen LogP contribution in [-0.4, -0.2) is 45.0 Å². The molecule has 3 aromatic rings. The minimum Gasteiger partial charge on any atom is -0.496 e. The zero-order valence-corrected chi connectivity index (χ0v) is 17.6. The third-order valence-corrected chi connectivity index (χ3v) is 6.13. The second-order valence-corrected chi connectivity index (χ2v) is 8.21. The van der Waals surface area contributed by atoms with Crippen LogP contribution >= 0.6 is 0 Å². The fourth-order valence-corrected chi connectivity index (χ4v) is 4.64. The smallest absolute Gasteiger partial charge is 0.227 e. The van der Waals surface area contributed by atoms with Crippen LogP contribution in [0.3, 0.4) is 0 Å². The number of ether oxygens (including phenoxy) is 1. The lowest BCUT2D eigenvalue weighted by molar-refractivity contribution is 0.216. The number of imidazole rings is 1. The van der Waals surface area contributed by atoms with Gasteiger partial charge in [-0.05, 0) is 69.8 Å². The van der Waals surface area contributed by atoms with Crippen molar-refractivity contribution in [1.82, 2.24) is 24.8 Å². The van der Waals surface area contributed by atoms with Gasteiger partial charge in [-0.2, -0.15) is 0 Å². The molecule has 7 heteroatoms. The predicted octanol–water partition coefficient (Wildman–Crippen LogP) is 4.40. The quantitative estimate of drug-likeness (QED) is 0.656. The highest BCUT2D eigenvalue weighted by molar-refractivity contribution is 5.70. The van der Waals surface area contributed by atoms with Crippen LogP contribution in [0.15, 0.2) is 30.6 Å². The summed E-state index contributed by atoms with van der Waals surface area (Å²) < 4.78 is 5.61. The molecular formula is C23H28N6O. The minimum absolute atomic E-state index is 0.430. The molecule has 1 fully saturated rings. The molecule has 5 rings (SSSR count). The molecule has 2 aromatic heterocycles. The predicted molar refractivity (Wildman–Crippen MR) is 117 cm³/mol. The van der Waals surface area contributed by atoms with Crippen LogP contribution < -0.4 is 10.1 Å². The number of anilines is 2. The first-order valence-corrected chi connectivity index (χ1v) is 10.8. The first kappa shape index (κ1) is 19.1. The number of benzene rings is 1. The van der Waals surface area contributed by atoms with E-state index >= 15 is 0 Å². The average molecular weight is 405 g/mol. The van der Waals surface area contributed by atoms with E-state index in [9.17, 15) is 0 Å². The number of H-pyrrole nitrogens is 1. The fourth-order valence-electron chi connectivity index (χ4n) is 4.64. The van der Waals surface area contributed by atoms with Gasteiger partial charge >= 0.3 is 0 Å². The summed E-state index contributed by atoms with van der Waals surface area (Å²) in [7, 11) is 1.68. The number of aromatic nitrogens is 4. The molecule has 1 atom stereocenters. The number of hydrogen-bond donors (Lipinski definition) is 2. The molecule has 2 aliphatic rings. The normalized spacial score (nSPS) is 18.9. The van der Waals surface area contributed by atoms with Gasteiger partial charge in [0.1, 0.15) is 11.6 Å². The first-order valence-electron chi connectivity index (χ1n) is 10.8. The largest absolute Gasteiger partial charge is 0.496 e. The second kappa shape index (κ2) is 8.07. The van der Waals surface area contributed by atoms with Crippen LogP contribution in [0.25, 0.3) is 11.4 Å². The lowest BCUT2D eigenvalue weighted by Gasteiger charge is -2.32. The molecule has 30 heavy (non-hydrogen) atoms. The molecule has 0 bridgehead atoms. The molecule has 1 aromatic carbocycles. The molecule has 156 valence electrons. The van der Waals surface area contributed by atoms with E-state index in [2.05, 4.69) is 25.2 Å². The second-order valence-electron chi connectivity index (χ2n) is 8.21. The number of nitrogens with zero attached hydrogens (tertiary/aromatic N) is 4. The number of likely N-dealkylation sites (tertiary alicyclic amines) is 1. The van der Waals surface area contributed by atoms with Crippen molar-refractivity contribution in [3.8, 4) is 17.1 Å². The van der Waals surface area contributed by atoms with Gasteiger partial charge in [0, 0.05) is 29.8 Å². The van der Waals surface area contributed by atoms with Gasteiger partial charge in [0.05, 0.1) is 24.4 Å². The standard InChI is InChI=1S/C23H28N6O/c1-15-13-24-22(26-15)18-9-8-17(12-20(18)30-2)27-23-25-14-16-6-5-7-19(21(16)28-23)29-10-3-4-11-29/h8-9,12-14,19H,3-7,10-11H2,1-2H3,(H,24,26)(H,25,27,28). The topological polar surface area (TPSA) is 79.0 Å². The third-order valence-electron chi connectivity index (χ3n) is 6.13. The van der Waals surface area contributed by atoms with E-state index < -0.39 is 0 Å². The summed E-state index contributed by atoms with van der Waals surface area (Å²) in [4.78, 5) is 19.8. The molecular weight excluding hydrogens is 376 g/mol. The average Bonchev–Trinajstić information content (AvgIpc) is 3.45. The Labute approximate surface area is 176 Å². The summed E-state index contributed by atoms with van der Waals surface area (Å²) in [6.07, 6.45) is 9.89. The summed E-state index contributed by atoms with van der Waals surface area (Å²) in [5.74, 6) is 2.19. The van der Waals surface area contributed by atoms with Crippen LogP contribution in [0.2, 0.25) is 0 Å². The van der Waals surface area contributed by atoms with Crippen molar-refractivity contribution >= 4 is 11.6 Å². The van der Waals surface area contributed by atoms with Gasteiger partial charge in [-0.3, -0.25) is 4.90 Å². The molecule has 0 spiro atoms. The number of hydrogen-bond acceptors (Lipinski definition) is 6. The van der Waals surface area contributed by atoms with Gasteiger partial charge in [-0.15, -0.1) is 0 Å². The van der Waals surface area contributed by atoms with Crippen molar-refractivity contribution in [2.24, 2.45) is 0 Å². The van der Waals surface area contributed by atoms with Gasteiger partial charge in [-0.1, -0.05) is 0 Å².